The number of ether oxygens (including phenoxy) is 2. The zero-order valence-electron chi connectivity index (χ0n) is 11.5. The van der Waals surface area contributed by atoms with Gasteiger partial charge in [-0.15, -0.1) is 0 Å². The third-order valence-electron chi connectivity index (χ3n) is 3.90. The van der Waals surface area contributed by atoms with Gasteiger partial charge in [0.2, 0.25) is 0 Å². The van der Waals surface area contributed by atoms with E-state index in [0.717, 1.165) is 38.0 Å². The maximum absolute atomic E-state index is 12.0. The van der Waals surface area contributed by atoms with Crippen molar-refractivity contribution in [3.8, 4) is 0 Å². The lowest BCUT2D eigenvalue weighted by Crippen LogP contribution is -2.24. The highest BCUT2D eigenvalue weighted by Gasteiger charge is 2.30. The van der Waals surface area contributed by atoms with Crippen molar-refractivity contribution >= 4 is 5.97 Å². The number of carbonyl (C=O) groups is 1. The lowest BCUT2D eigenvalue weighted by molar-refractivity contribution is -0.136. The third kappa shape index (κ3) is 2.66. The van der Waals surface area contributed by atoms with Crippen LogP contribution < -0.4 is 0 Å². The van der Waals surface area contributed by atoms with Gasteiger partial charge < -0.3 is 9.47 Å². The summed E-state index contributed by atoms with van der Waals surface area (Å²) in [7, 11) is 1.47. The van der Waals surface area contributed by atoms with Gasteiger partial charge in [-0.3, -0.25) is 0 Å². The van der Waals surface area contributed by atoms with E-state index in [1.807, 2.05) is 0 Å². The Labute approximate surface area is 109 Å². The van der Waals surface area contributed by atoms with Gasteiger partial charge in [0, 0.05) is 18.8 Å². The minimum absolute atomic E-state index is 0.159. The number of carbonyl (C=O) groups excluding carboxylic acids is 1. The van der Waals surface area contributed by atoms with Crippen LogP contribution in [0.25, 0.3) is 0 Å². The zero-order chi connectivity index (χ0) is 13.1. The smallest absolute Gasteiger partial charge is 0.334 e. The summed E-state index contributed by atoms with van der Waals surface area (Å²) < 4.78 is 10.4. The summed E-state index contributed by atoms with van der Waals surface area (Å²) in [5.41, 5.74) is 3.44. The van der Waals surface area contributed by atoms with Crippen LogP contribution in [0.1, 0.15) is 33.1 Å². The number of esters is 1. The van der Waals surface area contributed by atoms with E-state index in [2.05, 4.69) is 19.9 Å². The van der Waals surface area contributed by atoms with E-state index in [4.69, 9.17) is 9.47 Å². The summed E-state index contributed by atoms with van der Waals surface area (Å²) in [6.07, 6.45) is 5.16. The summed E-state index contributed by atoms with van der Waals surface area (Å²) in [5.74, 6) is 0.554. The van der Waals surface area contributed by atoms with Gasteiger partial charge in [-0.25, -0.2) is 4.79 Å². The van der Waals surface area contributed by atoms with Crippen LogP contribution in [0.2, 0.25) is 0 Å². The summed E-state index contributed by atoms with van der Waals surface area (Å²) in [6.45, 7) is 5.85. The maximum Gasteiger partial charge on any atom is 0.334 e. The van der Waals surface area contributed by atoms with Crippen LogP contribution in [0.5, 0.6) is 0 Å². The number of rotatable bonds is 2. The van der Waals surface area contributed by atoms with Crippen molar-refractivity contribution in [2.45, 2.75) is 33.1 Å². The second-order valence-electron chi connectivity index (χ2n) is 5.34. The number of methoxy groups -OCH3 is 1. The minimum Gasteiger partial charge on any atom is -0.466 e. The molecule has 3 nitrogen and oxygen atoms in total. The Balaban J connectivity index is 2.36. The predicted molar refractivity (Wildman–Crippen MR) is 70.1 cm³/mol. The van der Waals surface area contributed by atoms with Gasteiger partial charge in [-0.1, -0.05) is 18.6 Å². The number of hydrogen-bond acceptors (Lipinski definition) is 3. The van der Waals surface area contributed by atoms with Crippen molar-refractivity contribution in [1.29, 1.82) is 0 Å². The Morgan fingerprint density at radius 1 is 1.39 bits per heavy atom. The van der Waals surface area contributed by atoms with Crippen LogP contribution in [0.3, 0.4) is 0 Å². The summed E-state index contributed by atoms with van der Waals surface area (Å²) >= 11 is 0. The third-order valence-corrected chi connectivity index (χ3v) is 3.90. The highest BCUT2D eigenvalue weighted by Crippen LogP contribution is 2.37. The molecule has 0 N–H and O–H groups in total. The SMILES string of the molecule is COC(=O)C1=C(C2CCOCC2)C=C(C)CC1C. The van der Waals surface area contributed by atoms with Gasteiger partial charge in [0.25, 0.3) is 0 Å². The van der Waals surface area contributed by atoms with E-state index in [-0.39, 0.29) is 11.9 Å². The first-order valence-electron chi connectivity index (χ1n) is 6.70. The molecule has 0 amide bonds. The summed E-state index contributed by atoms with van der Waals surface area (Å²) in [4.78, 5) is 12.0. The fourth-order valence-corrected chi connectivity index (χ4v) is 3.05. The molecule has 18 heavy (non-hydrogen) atoms. The van der Waals surface area contributed by atoms with Crippen molar-refractivity contribution in [2.75, 3.05) is 20.3 Å². The Morgan fingerprint density at radius 2 is 2.06 bits per heavy atom. The highest BCUT2D eigenvalue weighted by atomic mass is 16.5. The van der Waals surface area contributed by atoms with Gasteiger partial charge >= 0.3 is 5.97 Å². The van der Waals surface area contributed by atoms with Crippen LogP contribution in [0, 0.1) is 11.8 Å². The summed E-state index contributed by atoms with van der Waals surface area (Å²) in [5, 5.41) is 0. The first-order chi connectivity index (χ1) is 8.63. The molecular weight excluding hydrogens is 228 g/mol. The van der Waals surface area contributed by atoms with Crippen molar-refractivity contribution in [3.63, 3.8) is 0 Å². The number of allylic oxidation sites excluding steroid dienone is 3. The highest BCUT2D eigenvalue weighted by molar-refractivity contribution is 5.91. The van der Waals surface area contributed by atoms with Crippen LogP contribution in [0.15, 0.2) is 22.8 Å². The Kier molecular flexibility index (Phi) is 4.23. The lowest BCUT2D eigenvalue weighted by Gasteiger charge is -2.30. The standard InChI is InChI=1S/C15H22O3/c1-10-8-11(2)14(15(16)17-3)13(9-10)12-4-6-18-7-5-12/h9,11-12H,4-8H2,1-3H3. The molecule has 1 aliphatic heterocycles. The van der Waals surface area contributed by atoms with E-state index < -0.39 is 0 Å². The molecule has 1 atom stereocenters. The second-order valence-corrected chi connectivity index (χ2v) is 5.34. The molecule has 0 saturated carbocycles. The molecule has 0 aromatic rings. The van der Waals surface area contributed by atoms with E-state index in [9.17, 15) is 4.79 Å². The Hall–Kier alpha value is -1.09. The van der Waals surface area contributed by atoms with Gasteiger partial charge in [0.1, 0.15) is 0 Å². The molecule has 0 aromatic heterocycles. The van der Waals surface area contributed by atoms with E-state index in [1.54, 1.807) is 0 Å². The quantitative estimate of drug-likeness (QED) is 0.707. The average Bonchev–Trinajstić information content (AvgIpc) is 2.38. The van der Waals surface area contributed by atoms with Crippen molar-refractivity contribution in [1.82, 2.24) is 0 Å². The first kappa shape index (κ1) is 13.3. The van der Waals surface area contributed by atoms with Crippen LogP contribution >= 0.6 is 0 Å². The van der Waals surface area contributed by atoms with Crippen molar-refractivity contribution in [2.24, 2.45) is 11.8 Å². The van der Waals surface area contributed by atoms with Gasteiger partial charge in [-0.2, -0.15) is 0 Å². The monoisotopic (exact) mass is 250 g/mol. The van der Waals surface area contributed by atoms with Crippen molar-refractivity contribution in [3.05, 3.63) is 22.8 Å². The van der Waals surface area contributed by atoms with Gasteiger partial charge in [0.05, 0.1) is 7.11 Å². The molecule has 2 rings (SSSR count). The molecule has 1 saturated heterocycles. The fourth-order valence-electron chi connectivity index (χ4n) is 3.05. The zero-order valence-corrected chi connectivity index (χ0v) is 11.5. The molecule has 1 unspecified atom stereocenters. The fraction of sp³-hybridized carbons (Fsp3) is 0.667. The Morgan fingerprint density at radius 3 is 2.67 bits per heavy atom. The molecule has 1 fully saturated rings. The minimum atomic E-state index is -0.159. The predicted octanol–water partition coefficient (Wildman–Crippen LogP) is 2.87. The molecule has 2 aliphatic rings. The van der Waals surface area contributed by atoms with Crippen LogP contribution in [0.4, 0.5) is 0 Å². The number of hydrogen-bond donors (Lipinski definition) is 0. The molecule has 0 aromatic carbocycles. The molecule has 1 heterocycles. The van der Waals surface area contributed by atoms with E-state index in [1.165, 1.54) is 18.3 Å². The van der Waals surface area contributed by atoms with Gasteiger partial charge in [-0.05, 0) is 43.6 Å². The van der Waals surface area contributed by atoms with Crippen LogP contribution in [-0.4, -0.2) is 26.3 Å². The molecule has 0 bridgehead atoms. The molecule has 100 valence electrons. The maximum atomic E-state index is 12.0. The average molecular weight is 250 g/mol. The topological polar surface area (TPSA) is 35.5 Å². The van der Waals surface area contributed by atoms with E-state index in [0.29, 0.717) is 5.92 Å². The Bertz CT molecular complexity index is 387. The van der Waals surface area contributed by atoms with Gasteiger partial charge in [0.15, 0.2) is 0 Å². The summed E-state index contributed by atoms with van der Waals surface area (Å²) in [6, 6.07) is 0. The lowest BCUT2D eigenvalue weighted by atomic mass is 9.77. The first-order valence-corrected chi connectivity index (χ1v) is 6.70. The molecule has 0 spiro atoms. The van der Waals surface area contributed by atoms with Crippen LogP contribution in [-0.2, 0) is 14.3 Å². The van der Waals surface area contributed by atoms with Crippen molar-refractivity contribution < 1.29 is 14.3 Å². The molecule has 1 aliphatic carbocycles. The second kappa shape index (κ2) is 5.70. The largest absolute Gasteiger partial charge is 0.466 e. The van der Waals surface area contributed by atoms with E-state index >= 15 is 0 Å². The molecule has 3 heteroatoms. The molecule has 0 radical (unpaired) electrons. The molecular formula is C15H22O3. The normalized spacial score (nSPS) is 25.9.